The summed E-state index contributed by atoms with van der Waals surface area (Å²) in [6.07, 6.45) is 1.64. The number of nitrogens with one attached hydrogen (secondary N) is 1. The van der Waals surface area contributed by atoms with Gasteiger partial charge in [0, 0.05) is 5.56 Å². The minimum Gasteiger partial charge on any atom is -0.378 e. The molecule has 5 aromatic rings. The molecule has 10 heteroatoms. The normalized spacial score (nSPS) is 11.5. The fourth-order valence-electron chi connectivity index (χ4n) is 3.50. The van der Waals surface area contributed by atoms with Crippen molar-refractivity contribution in [2.24, 2.45) is 5.10 Å². The molecule has 0 unspecified atom stereocenters. The highest BCUT2D eigenvalue weighted by Gasteiger charge is 2.22. The monoisotopic (exact) mass is 412 g/mol. The van der Waals surface area contributed by atoms with E-state index in [1.807, 2.05) is 48.5 Å². The number of rotatable bonds is 4. The Morgan fingerprint density at radius 3 is 2.42 bits per heavy atom. The van der Waals surface area contributed by atoms with Crippen LogP contribution in [-0.4, -0.2) is 37.4 Å². The summed E-state index contributed by atoms with van der Waals surface area (Å²) in [5.74, 6) is -0.454. The van der Waals surface area contributed by atoms with Crippen LogP contribution in [0.5, 0.6) is 0 Å². The molecule has 0 radical (unpaired) electrons. The fourth-order valence-corrected chi connectivity index (χ4v) is 3.50. The molecule has 10 nitrogen and oxygen atoms in total. The Bertz CT molecular complexity index is 1410. The van der Waals surface area contributed by atoms with Crippen LogP contribution in [0.4, 0.5) is 5.82 Å². The van der Waals surface area contributed by atoms with Gasteiger partial charge in [-0.25, -0.2) is 10.1 Å². The van der Waals surface area contributed by atoms with Gasteiger partial charge in [-0.2, -0.15) is 9.78 Å². The highest BCUT2D eigenvalue weighted by atomic mass is 16.6. The summed E-state index contributed by atoms with van der Waals surface area (Å²) >= 11 is 0. The summed E-state index contributed by atoms with van der Waals surface area (Å²) in [6, 6.07) is 18.2. The van der Waals surface area contributed by atoms with E-state index in [1.54, 1.807) is 13.1 Å². The van der Waals surface area contributed by atoms with E-state index in [9.17, 15) is 4.79 Å². The Hall–Kier alpha value is -4.60. The maximum Gasteiger partial charge on any atom is 0.292 e. The van der Waals surface area contributed by atoms with Crippen molar-refractivity contribution in [2.45, 2.75) is 6.92 Å². The summed E-state index contributed by atoms with van der Waals surface area (Å²) in [4.78, 5) is 12.8. The van der Waals surface area contributed by atoms with Crippen LogP contribution in [-0.2, 0) is 0 Å². The van der Waals surface area contributed by atoms with E-state index in [1.165, 1.54) is 4.68 Å². The predicted octanol–water partition coefficient (Wildman–Crippen LogP) is 2.61. The number of hydrogen-bond donors (Lipinski definition) is 2. The third-order valence-electron chi connectivity index (χ3n) is 4.92. The minimum atomic E-state index is -0.523. The Kier molecular flexibility index (Phi) is 4.36. The Labute approximate surface area is 175 Å². The number of nitrogen functional groups attached to an aromatic ring is 1. The standard InChI is InChI=1S/C21H16N8O2/c1-12-18(29(28-24-12)20-19(22)26-31-27-20)21(30)25-23-11-17-15-8-4-2-6-13(15)10-14-7-3-5-9-16(14)17/h2-11H,1H3,(H2,22,26)(H,25,30)/b23-11-. The van der Waals surface area contributed by atoms with E-state index in [0.717, 1.165) is 27.1 Å². The zero-order chi connectivity index (χ0) is 21.4. The predicted molar refractivity (Wildman–Crippen MR) is 115 cm³/mol. The Balaban J connectivity index is 1.51. The van der Waals surface area contributed by atoms with Crippen LogP contribution in [0.2, 0.25) is 0 Å². The first kappa shape index (κ1) is 18.4. The van der Waals surface area contributed by atoms with Gasteiger partial charge in [-0.3, -0.25) is 4.79 Å². The number of carbonyl (C=O) groups is 1. The topological polar surface area (TPSA) is 137 Å². The van der Waals surface area contributed by atoms with Gasteiger partial charge < -0.3 is 5.73 Å². The molecular formula is C21H16N8O2. The fraction of sp³-hybridized carbons (Fsp3) is 0.0476. The molecule has 152 valence electrons. The van der Waals surface area contributed by atoms with E-state index in [2.05, 4.69) is 41.8 Å². The molecule has 0 fully saturated rings. The van der Waals surface area contributed by atoms with Crippen LogP contribution in [0.25, 0.3) is 27.4 Å². The number of amides is 1. The third kappa shape index (κ3) is 3.15. The number of nitrogens with zero attached hydrogens (tertiary/aromatic N) is 6. The molecule has 2 aromatic heterocycles. The number of aromatic nitrogens is 5. The van der Waals surface area contributed by atoms with Crippen LogP contribution in [0.1, 0.15) is 21.7 Å². The molecule has 0 aliphatic rings. The molecule has 0 bridgehead atoms. The van der Waals surface area contributed by atoms with Gasteiger partial charge in [-0.15, -0.1) is 5.10 Å². The second kappa shape index (κ2) is 7.34. The maximum atomic E-state index is 12.8. The first-order valence-corrected chi connectivity index (χ1v) is 9.38. The first-order chi connectivity index (χ1) is 15.1. The largest absolute Gasteiger partial charge is 0.378 e. The third-order valence-corrected chi connectivity index (χ3v) is 4.92. The van der Waals surface area contributed by atoms with Crippen LogP contribution >= 0.6 is 0 Å². The molecular weight excluding hydrogens is 396 g/mol. The lowest BCUT2D eigenvalue weighted by Crippen LogP contribution is -2.22. The summed E-state index contributed by atoms with van der Waals surface area (Å²) < 4.78 is 5.76. The maximum absolute atomic E-state index is 12.8. The average molecular weight is 412 g/mol. The second-order valence-electron chi connectivity index (χ2n) is 6.84. The molecule has 0 atom stereocenters. The molecule has 0 spiro atoms. The van der Waals surface area contributed by atoms with E-state index in [4.69, 9.17) is 5.73 Å². The van der Waals surface area contributed by atoms with E-state index in [-0.39, 0.29) is 17.3 Å². The summed E-state index contributed by atoms with van der Waals surface area (Å²) in [7, 11) is 0. The number of hydrogen-bond acceptors (Lipinski definition) is 8. The van der Waals surface area contributed by atoms with Gasteiger partial charge in [0.2, 0.25) is 11.6 Å². The van der Waals surface area contributed by atoms with Gasteiger partial charge in [-0.1, -0.05) is 53.7 Å². The molecule has 0 aliphatic heterocycles. The van der Waals surface area contributed by atoms with Gasteiger partial charge in [0.05, 0.1) is 11.9 Å². The van der Waals surface area contributed by atoms with Crippen LogP contribution in [0, 0.1) is 6.92 Å². The first-order valence-electron chi connectivity index (χ1n) is 9.38. The zero-order valence-corrected chi connectivity index (χ0v) is 16.4. The molecule has 5 rings (SSSR count). The number of benzene rings is 3. The van der Waals surface area contributed by atoms with Crippen molar-refractivity contribution >= 4 is 39.5 Å². The van der Waals surface area contributed by atoms with E-state index in [0.29, 0.717) is 5.69 Å². The molecule has 3 aromatic carbocycles. The van der Waals surface area contributed by atoms with Crippen molar-refractivity contribution in [3.8, 4) is 5.82 Å². The molecule has 31 heavy (non-hydrogen) atoms. The minimum absolute atomic E-state index is 0.00956. The quantitative estimate of drug-likeness (QED) is 0.263. The van der Waals surface area contributed by atoms with Crippen molar-refractivity contribution in [3.63, 3.8) is 0 Å². The molecule has 2 heterocycles. The van der Waals surface area contributed by atoms with E-state index >= 15 is 0 Å². The van der Waals surface area contributed by atoms with Gasteiger partial charge in [0.15, 0.2) is 5.69 Å². The van der Waals surface area contributed by atoms with Crippen LogP contribution < -0.4 is 11.2 Å². The van der Waals surface area contributed by atoms with Crippen molar-refractivity contribution in [1.29, 1.82) is 0 Å². The smallest absolute Gasteiger partial charge is 0.292 e. The van der Waals surface area contributed by atoms with E-state index < -0.39 is 5.91 Å². The number of carbonyl (C=O) groups excluding carboxylic acids is 1. The lowest BCUT2D eigenvalue weighted by Gasteiger charge is -2.08. The zero-order valence-electron chi connectivity index (χ0n) is 16.4. The number of anilines is 1. The van der Waals surface area contributed by atoms with Crippen LogP contribution in [0.3, 0.4) is 0 Å². The lowest BCUT2D eigenvalue weighted by molar-refractivity contribution is 0.0946. The Morgan fingerprint density at radius 2 is 1.77 bits per heavy atom. The van der Waals surface area contributed by atoms with Gasteiger partial charge >= 0.3 is 0 Å². The highest BCUT2D eigenvalue weighted by Crippen LogP contribution is 2.27. The van der Waals surface area contributed by atoms with Crippen molar-refractivity contribution in [3.05, 3.63) is 71.5 Å². The molecule has 0 saturated heterocycles. The molecule has 1 amide bonds. The van der Waals surface area contributed by atoms with Gasteiger partial charge in [0.25, 0.3) is 5.91 Å². The van der Waals surface area contributed by atoms with Crippen molar-refractivity contribution in [1.82, 2.24) is 30.7 Å². The second-order valence-corrected chi connectivity index (χ2v) is 6.84. The summed E-state index contributed by atoms with van der Waals surface area (Å²) in [6.45, 7) is 1.64. The number of hydrazone groups is 1. The molecule has 0 saturated carbocycles. The lowest BCUT2D eigenvalue weighted by atomic mass is 9.97. The summed E-state index contributed by atoms with van der Waals surface area (Å²) in [5, 5.41) is 23.4. The summed E-state index contributed by atoms with van der Waals surface area (Å²) in [5.41, 5.74) is 9.66. The SMILES string of the molecule is Cc1nnn(-c2nonc2N)c1C(=O)N/N=C\c1c2ccccc2cc2ccccc12. The Morgan fingerprint density at radius 1 is 1.10 bits per heavy atom. The van der Waals surface area contributed by atoms with Crippen LogP contribution in [0.15, 0.2) is 64.3 Å². The number of aryl methyl sites for hydroxylation is 1. The average Bonchev–Trinajstić information content (AvgIpc) is 3.38. The highest BCUT2D eigenvalue weighted by molar-refractivity contribution is 6.13. The molecule has 3 N–H and O–H groups in total. The van der Waals surface area contributed by atoms with Crippen molar-refractivity contribution < 1.29 is 9.42 Å². The van der Waals surface area contributed by atoms with Gasteiger partial charge in [0.1, 0.15) is 0 Å². The number of fused-ring (bicyclic) bond motifs is 2. The molecule has 0 aliphatic carbocycles. The van der Waals surface area contributed by atoms with Crippen molar-refractivity contribution in [2.75, 3.05) is 5.73 Å². The van der Waals surface area contributed by atoms with Gasteiger partial charge in [-0.05, 0) is 44.8 Å². The number of nitrogens with two attached hydrogens (primary N) is 1.